The van der Waals surface area contributed by atoms with E-state index in [0.29, 0.717) is 19.8 Å². The summed E-state index contributed by atoms with van der Waals surface area (Å²) in [4.78, 5) is 0. The van der Waals surface area contributed by atoms with Crippen LogP contribution in [0.2, 0.25) is 0 Å². The molecule has 0 aliphatic rings. The Morgan fingerprint density at radius 2 is 0.743 bits per heavy atom. The molecule has 0 saturated heterocycles. The highest BCUT2D eigenvalue weighted by Gasteiger charge is 2.23. The lowest BCUT2D eigenvalue weighted by molar-refractivity contribution is 0.0925. The van der Waals surface area contributed by atoms with Crippen molar-refractivity contribution in [2.75, 3.05) is 19.8 Å². The molecule has 0 unspecified atom stereocenters. The highest BCUT2D eigenvalue weighted by molar-refractivity contribution is 5.14. The maximum atomic E-state index is 6.91. The zero-order valence-corrected chi connectivity index (χ0v) is 20.9. The second-order valence-corrected chi connectivity index (χ2v) is 9.29. The molecule has 4 heteroatoms. The number of hydrogen-bond acceptors (Lipinski definition) is 4. The van der Waals surface area contributed by atoms with Crippen LogP contribution < -0.4 is 5.73 Å². The van der Waals surface area contributed by atoms with Crippen LogP contribution in [-0.4, -0.2) is 25.4 Å². The molecule has 0 fully saturated rings. The summed E-state index contributed by atoms with van der Waals surface area (Å²) in [6.45, 7) is 4.13. The summed E-state index contributed by atoms with van der Waals surface area (Å²) in [7, 11) is 0. The van der Waals surface area contributed by atoms with Crippen molar-refractivity contribution in [2.45, 2.75) is 63.9 Å². The average molecular weight is 476 g/mol. The molecule has 0 spiro atoms. The topological polar surface area (TPSA) is 53.7 Å². The standard InChI is InChI=1S/C31H41NO3/c32-31(19-10-22-33-25-28-13-4-1-5-14-28,20-11-23-34-26-29-15-6-2-7-16-29)21-12-24-35-27-30-17-8-3-9-18-30/h1-9,13-18H,10-12,19-27,32H2. The van der Waals surface area contributed by atoms with Crippen LogP contribution in [0, 0.1) is 0 Å². The van der Waals surface area contributed by atoms with Crippen molar-refractivity contribution in [3.05, 3.63) is 108 Å². The van der Waals surface area contributed by atoms with Gasteiger partial charge in [-0.2, -0.15) is 0 Å². The molecule has 188 valence electrons. The normalized spacial score (nSPS) is 11.6. The maximum absolute atomic E-state index is 6.91. The fourth-order valence-electron chi connectivity index (χ4n) is 4.25. The van der Waals surface area contributed by atoms with Gasteiger partial charge in [0, 0.05) is 25.4 Å². The van der Waals surface area contributed by atoms with Gasteiger partial charge in [0.1, 0.15) is 0 Å². The Balaban J connectivity index is 1.36. The van der Waals surface area contributed by atoms with Gasteiger partial charge in [0.05, 0.1) is 19.8 Å². The zero-order valence-electron chi connectivity index (χ0n) is 20.9. The third kappa shape index (κ3) is 11.7. The minimum absolute atomic E-state index is 0.220. The quantitative estimate of drug-likeness (QED) is 0.209. The number of benzene rings is 3. The lowest BCUT2D eigenvalue weighted by atomic mass is 9.85. The third-order valence-electron chi connectivity index (χ3n) is 6.22. The molecule has 4 nitrogen and oxygen atoms in total. The molecular weight excluding hydrogens is 434 g/mol. The Morgan fingerprint density at radius 3 is 1.03 bits per heavy atom. The summed E-state index contributed by atoms with van der Waals surface area (Å²) in [5.41, 5.74) is 10.3. The smallest absolute Gasteiger partial charge is 0.0716 e. The molecule has 3 aromatic carbocycles. The van der Waals surface area contributed by atoms with Crippen molar-refractivity contribution in [1.82, 2.24) is 0 Å². The van der Waals surface area contributed by atoms with Gasteiger partial charge in [0.2, 0.25) is 0 Å². The lowest BCUT2D eigenvalue weighted by Crippen LogP contribution is -2.40. The maximum Gasteiger partial charge on any atom is 0.0716 e. The summed E-state index contributed by atoms with van der Waals surface area (Å²) in [6.07, 6.45) is 5.70. The van der Waals surface area contributed by atoms with E-state index in [1.807, 2.05) is 54.6 Å². The van der Waals surface area contributed by atoms with Crippen LogP contribution in [0.1, 0.15) is 55.2 Å². The van der Waals surface area contributed by atoms with E-state index in [4.69, 9.17) is 19.9 Å². The molecule has 0 bridgehead atoms. The summed E-state index contributed by atoms with van der Waals surface area (Å²) in [5, 5.41) is 0. The van der Waals surface area contributed by atoms with Gasteiger partial charge in [0.25, 0.3) is 0 Å². The highest BCUT2D eigenvalue weighted by atomic mass is 16.5. The molecule has 0 heterocycles. The lowest BCUT2D eigenvalue weighted by Gasteiger charge is -2.30. The third-order valence-corrected chi connectivity index (χ3v) is 6.22. The van der Waals surface area contributed by atoms with Crippen molar-refractivity contribution in [2.24, 2.45) is 5.73 Å². The SMILES string of the molecule is NC(CCCOCc1ccccc1)(CCCOCc1ccccc1)CCCOCc1ccccc1. The van der Waals surface area contributed by atoms with E-state index in [1.54, 1.807) is 0 Å². The van der Waals surface area contributed by atoms with Gasteiger partial charge in [-0.15, -0.1) is 0 Å². The van der Waals surface area contributed by atoms with E-state index < -0.39 is 0 Å². The minimum atomic E-state index is -0.220. The molecule has 0 amide bonds. The summed E-state index contributed by atoms with van der Waals surface area (Å²) >= 11 is 0. The first-order valence-corrected chi connectivity index (χ1v) is 12.9. The number of nitrogens with two attached hydrogens (primary N) is 1. The minimum Gasteiger partial charge on any atom is -0.377 e. The summed E-state index contributed by atoms with van der Waals surface area (Å²) < 4.78 is 17.7. The van der Waals surface area contributed by atoms with Crippen LogP contribution in [0.4, 0.5) is 0 Å². The van der Waals surface area contributed by atoms with E-state index in [-0.39, 0.29) is 5.54 Å². The molecule has 0 radical (unpaired) electrons. The second kappa shape index (κ2) is 16.2. The molecule has 3 aromatic rings. The van der Waals surface area contributed by atoms with Gasteiger partial charge in [-0.05, 0) is 55.2 Å². The van der Waals surface area contributed by atoms with E-state index in [2.05, 4.69) is 36.4 Å². The van der Waals surface area contributed by atoms with Crippen molar-refractivity contribution < 1.29 is 14.2 Å². The Morgan fingerprint density at radius 1 is 0.457 bits per heavy atom. The molecule has 0 aromatic heterocycles. The van der Waals surface area contributed by atoms with Crippen molar-refractivity contribution in [1.29, 1.82) is 0 Å². The number of rotatable bonds is 18. The molecule has 3 rings (SSSR count). The molecule has 0 atom stereocenters. The molecule has 35 heavy (non-hydrogen) atoms. The van der Waals surface area contributed by atoms with Crippen molar-refractivity contribution >= 4 is 0 Å². The first-order chi connectivity index (χ1) is 17.2. The van der Waals surface area contributed by atoms with Gasteiger partial charge in [-0.1, -0.05) is 91.0 Å². The fourth-order valence-corrected chi connectivity index (χ4v) is 4.25. The van der Waals surface area contributed by atoms with E-state index in [9.17, 15) is 0 Å². The summed E-state index contributed by atoms with van der Waals surface area (Å²) in [5.74, 6) is 0. The van der Waals surface area contributed by atoms with Crippen LogP contribution in [0.15, 0.2) is 91.0 Å². The van der Waals surface area contributed by atoms with Gasteiger partial charge in [-0.25, -0.2) is 0 Å². The number of hydrogen-bond donors (Lipinski definition) is 1. The predicted octanol–water partition coefficient (Wildman–Crippen LogP) is 6.67. The first kappa shape index (κ1) is 27.1. The molecule has 0 aliphatic heterocycles. The zero-order chi connectivity index (χ0) is 24.4. The Kier molecular flexibility index (Phi) is 12.6. The Bertz CT molecular complexity index is 782. The van der Waals surface area contributed by atoms with Gasteiger partial charge in [-0.3, -0.25) is 0 Å². The van der Waals surface area contributed by atoms with Gasteiger partial charge >= 0.3 is 0 Å². The number of ether oxygens (including phenoxy) is 3. The largest absolute Gasteiger partial charge is 0.377 e. The van der Waals surface area contributed by atoms with Gasteiger partial charge in [0.15, 0.2) is 0 Å². The van der Waals surface area contributed by atoms with Crippen LogP contribution in [0.25, 0.3) is 0 Å². The monoisotopic (exact) mass is 475 g/mol. The van der Waals surface area contributed by atoms with E-state index in [1.165, 1.54) is 16.7 Å². The van der Waals surface area contributed by atoms with Crippen LogP contribution in [-0.2, 0) is 34.0 Å². The predicted molar refractivity (Wildman–Crippen MR) is 143 cm³/mol. The Labute approximate surface area is 211 Å². The molecule has 0 aliphatic carbocycles. The fraction of sp³-hybridized carbons (Fsp3) is 0.419. The van der Waals surface area contributed by atoms with Crippen molar-refractivity contribution in [3.8, 4) is 0 Å². The molecular formula is C31H41NO3. The van der Waals surface area contributed by atoms with Gasteiger partial charge < -0.3 is 19.9 Å². The average Bonchev–Trinajstić information content (AvgIpc) is 2.90. The van der Waals surface area contributed by atoms with Crippen molar-refractivity contribution in [3.63, 3.8) is 0 Å². The van der Waals surface area contributed by atoms with E-state index in [0.717, 1.165) is 58.3 Å². The van der Waals surface area contributed by atoms with Crippen LogP contribution in [0.3, 0.4) is 0 Å². The first-order valence-electron chi connectivity index (χ1n) is 12.9. The van der Waals surface area contributed by atoms with E-state index >= 15 is 0 Å². The highest BCUT2D eigenvalue weighted by Crippen LogP contribution is 2.23. The summed E-state index contributed by atoms with van der Waals surface area (Å²) in [6, 6.07) is 30.9. The van der Waals surface area contributed by atoms with Crippen LogP contribution >= 0.6 is 0 Å². The van der Waals surface area contributed by atoms with Crippen LogP contribution in [0.5, 0.6) is 0 Å². The molecule has 0 saturated carbocycles. The second-order valence-electron chi connectivity index (χ2n) is 9.29. The molecule has 2 N–H and O–H groups in total. The Hall–Kier alpha value is -2.50.